The molecule has 0 amide bonds. The van der Waals surface area contributed by atoms with Crippen molar-refractivity contribution in [3.8, 4) is 5.75 Å². The molecular weight excluding hydrogens is 280 g/mol. The van der Waals surface area contributed by atoms with Crippen molar-refractivity contribution in [2.24, 2.45) is 0 Å². The largest absolute Gasteiger partial charge is 0.492 e. The molecule has 0 aliphatic heterocycles. The standard InChI is InChI=1S/C14H17BrO2/c1-2-3-6-17-14-8-12(10-4-5-10)11(9-16)7-13(14)15/h7-10H,2-6H2,1H3. The summed E-state index contributed by atoms with van der Waals surface area (Å²) in [7, 11) is 0. The van der Waals surface area contributed by atoms with Crippen molar-refractivity contribution in [1.29, 1.82) is 0 Å². The van der Waals surface area contributed by atoms with Gasteiger partial charge in [0.25, 0.3) is 0 Å². The molecule has 0 aromatic heterocycles. The van der Waals surface area contributed by atoms with Crippen LogP contribution in [0.2, 0.25) is 0 Å². The molecule has 0 radical (unpaired) electrons. The Balaban J connectivity index is 2.20. The minimum absolute atomic E-state index is 0.567. The summed E-state index contributed by atoms with van der Waals surface area (Å²) in [6.45, 7) is 2.88. The number of halogens is 1. The minimum atomic E-state index is 0.567. The predicted octanol–water partition coefficient (Wildman–Crippen LogP) is 4.32. The van der Waals surface area contributed by atoms with Crippen LogP contribution in [0, 0.1) is 0 Å². The third kappa shape index (κ3) is 3.09. The summed E-state index contributed by atoms with van der Waals surface area (Å²) < 4.78 is 6.61. The van der Waals surface area contributed by atoms with E-state index in [1.54, 1.807) is 0 Å². The van der Waals surface area contributed by atoms with Crippen LogP contribution in [0.15, 0.2) is 16.6 Å². The fourth-order valence-corrected chi connectivity index (χ4v) is 2.35. The summed E-state index contributed by atoms with van der Waals surface area (Å²) in [5.74, 6) is 1.43. The Bertz CT molecular complexity index is 411. The van der Waals surface area contributed by atoms with E-state index < -0.39 is 0 Å². The smallest absolute Gasteiger partial charge is 0.150 e. The number of unbranched alkanes of at least 4 members (excludes halogenated alkanes) is 1. The third-order valence-electron chi connectivity index (χ3n) is 3.04. The van der Waals surface area contributed by atoms with Crippen LogP contribution in [-0.2, 0) is 0 Å². The highest BCUT2D eigenvalue weighted by Gasteiger charge is 2.27. The van der Waals surface area contributed by atoms with Gasteiger partial charge in [-0.25, -0.2) is 0 Å². The van der Waals surface area contributed by atoms with E-state index >= 15 is 0 Å². The molecule has 1 aliphatic rings. The second-order valence-electron chi connectivity index (χ2n) is 4.51. The van der Waals surface area contributed by atoms with Crippen molar-refractivity contribution in [2.45, 2.75) is 38.5 Å². The maximum atomic E-state index is 11.0. The Hall–Kier alpha value is -0.830. The van der Waals surface area contributed by atoms with Gasteiger partial charge in [-0.15, -0.1) is 0 Å². The first kappa shape index (κ1) is 12.6. The lowest BCUT2D eigenvalue weighted by Crippen LogP contribution is -2.00. The fourth-order valence-electron chi connectivity index (χ4n) is 1.87. The van der Waals surface area contributed by atoms with Crippen molar-refractivity contribution in [1.82, 2.24) is 0 Å². The number of carbonyl (C=O) groups excluding carboxylic acids is 1. The lowest BCUT2D eigenvalue weighted by atomic mass is 10.0. The highest BCUT2D eigenvalue weighted by atomic mass is 79.9. The Labute approximate surface area is 110 Å². The number of benzene rings is 1. The minimum Gasteiger partial charge on any atom is -0.492 e. The van der Waals surface area contributed by atoms with Crippen LogP contribution in [-0.4, -0.2) is 12.9 Å². The number of ether oxygens (including phenoxy) is 1. The van der Waals surface area contributed by atoms with Gasteiger partial charge in [-0.05, 0) is 58.8 Å². The molecule has 1 saturated carbocycles. The first-order valence-electron chi connectivity index (χ1n) is 6.17. The summed E-state index contributed by atoms with van der Waals surface area (Å²) in [6, 6.07) is 3.91. The second kappa shape index (κ2) is 5.67. The summed E-state index contributed by atoms with van der Waals surface area (Å²) in [4.78, 5) is 11.0. The highest BCUT2D eigenvalue weighted by Crippen LogP contribution is 2.44. The van der Waals surface area contributed by atoms with Crippen molar-refractivity contribution in [3.63, 3.8) is 0 Å². The van der Waals surface area contributed by atoms with Gasteiger partial charge >= 0.3 is 0 Å². The van der Waals surface area contributed by atoms with Gasteiger partial charge < -0.3 is 4.74 Å². The first-order chi connectivity index (χ1) is 8.26. The van der Waals surface area contributed by atoms with Crippen LogP contribution in [0.5, 0.6) is 5.75 Å². The SMILES string of the molecule is CCCCOc1cc(C2CC2)c(C=O)cc1Br. The molecule has 2 rings (SSSR count). The lowest BCUT2D eigenvalue weighted by molar-refractivity contribution is 0.112. The van der Waals surface area contributed by atoms with Gasteiger partial charge in [0.2, 0.25) is 0 Å². The van der Waals surface area contributed by atoms with Crippen molar-refractivity contribution < 1.29 is 9.53 Å². The normalized spacial score (nSPS) is 14.7. The van der Waals surface area contributed by atoms with Gasteiger partial charge in [-0.2, -0.15) is 0 Å². The van der Waals surface area contributed by atoms with Crippen LogP contribution >= 0.6 is 15.9 Å². The highest BCUT2D eigenvalue weighted by molar-refractivity contribution is 9.10. The average Bonchev–Trinajstić information content (AvgIpc) is 3.15. The van der Waals surface area contributed by atoms with Crippen LogP contribution < -0.4 is 4.74 Å². The zero-order chi connectivity index (χ0) is 12.3. The van der Waals surface area contributed by atoms with E-state index in [2.05, 4.69) is 22.9 Å². The molecular formula is C14H17BrO2. The van der Waals surface area contributed by atoms with Crippen LogP contribution in [0.4, 0.5) is 0 Å². The molecule has 0 spiro atoms. The van der Waals surface area contributed by atoms with E-state index in [1.807, 2.05) is 12.1 Å². The first-order valence-corrected chi connectivity index (χ1v) is 6.97. The van der Waals surface area contributed by atoms with E-state index in [4.69, 9.17) is 4.74 Å². The lowest BCUT2D eigenvalue weighted by Gasteiger charge is -2.11. The van der Waals surface area contributed by atoms with Gasteiger partial charge in [0.15, 0.2) is 0 Å². The maximum absolute atomic E-state index is 11.0. The Morgan fingerprint density at radius 3 is 2.82 bits per heavy atom. The van der Waals surface area contributed by atoms with Crippen molar-refractivity contribution in [3.05, 3.63) is 27.7 Å². The molecule has 1 aromatic rings. The number of hydrogen-bond donors (Lipinski definition) is 0. The Morgan fingerprint density at radius 1 is 1.47 bits per heavy atom. The quantitative estimate of drug-likeness (QED) is 0.577. The molecule has 1 aliphatic carbocycles. The molecule has 1 aromatic carbocycles. The number of rotatable bonds is 6. The predicted molar refractivity (Wildman–Crippen MR) is 71.9 cm³/mol. The third-order valence-corrected chi connectivity index (χ3v) is 3.66. The van der Waals surface area contributed by atoms with E-state index in [9.17, 15) is 4.79 Å². The Morgan fingerprint density at radius 2 is 2.24 bits per heavy atom. The van der Waals surface area contributed by atoms with E-state index in [1.165, 1.54) is 12.8 Å². The maximum Gasteiger partial charge on any atom is 0.150 e. The number of aldehydes is 1. The average molecular weight is 297 g/mol. The molecule has 0 unspecified atom stereocenters. The molecule has 0 heterocycles. The molecule has 92 valence electrons. The number of carbonyl (C=O) groups is 1. The van der Waals surface area contributed by atoms with Crippen LogP contribution in [0.25, 0.3) is 0 Å². The van der Waals surface area contributed by atoms with Gasteiger partial charge in [0.1, 0.15) is 12.0 Å². The summed E-state index contributed by atoms with van der Waals surface area (Å²) in [5, 5.41) is 0. The summed E-state index contributed by atoms with van der Waals surface area (Å²) >= 11 is 3.46. The van der Waals surface area contributed by atoms with Gasteiger partial charge in [0, 0.05) is 5.56 Å². The second-order valence-corrected chi connectivity index (χ2v) is 5.36. The molecule has 0 N–H and O–H groups in total. The molecule has 2 nitrogen and oxygen atoms in total. The van der Waals surface area contributed by atoms with E-state index in [0.717, 1.165) is 47.1 Å². The van der Waals surface area contributed by atoms with E-state index in [0.29, 0.717) is 5.92 Å². The summed E-state index contributed by atoms with van der Waals surface area (Å²) in [5.41, 5.74) is 1.94. The monoisotopic (exact) mass is 296 g/mol. The van der Waals surface area contributed by atoms with Gasteiger partial charge in [-0.3, -0.25) is 4.79 Å². The van der Waals surface area contributed by atoms with Crippen LogP contribution in [0.1, 0.15) is 54.4 Å². The van der Waals surface area contributed by atoms with Crippen molar-refractivity contribution >= 4 is 22.2 Å². The molecule has 0 atom stereocenters. The van der Waals surface area contributed by atoms with Gasteiger partial charge in [-0.1, -0.05) is 13.3 Å². The zero-order valence-electron chi connectivity index (χ0n) is 10.0. The van der Waals surface area contributed by atoms with Crippen molar-refractivity contribution in [2.75, 3.05) is 6.61 Å². The van der Waals surface area contributed by atoms with E-state index in [-0.39, 0.29) is 0 Å². The fraction of sp³-hybridized carbons (Fsp3) is 0.500. The molecule has 17 heavy (non-hydrogen) atoms. The Kier molecular flexibility index (Phi) is 4.21. The van der Waals surface area contributed by atoms with Crippen LogP contribution in [0.3, 0.4) is 0 Å². The summed E-state index contributed by atoms with van der Waals surface area (Å²) in [6.07, 6.45) is 5.50. The topological polar surface area (TPSA) is 26.3 Å². The zero-order valence-corrected chi connectivity index (χ0v) is 11.6. The number of hydrogen-bond acceptors (Lipinski definition) is 2. The molecule has 1 fully saturated rings. The molecule has 0 bridgehead atoms. The molecule has 3 heteroatoms. The molecule has 0 saturated heterocycles. The van der Waals surface area contributed by atoms with Gasteiger partial charge in [0.05, 0.1) is 11.1 Å².